The van der Waals surface area contributed by atoms with Crippen LogP contribution in [0.25, 0.3) is 11.3 Å². The van der Waals surface area contributed by atoms with Crippen LogP contribution >= 0.6 is 15.9 Å². The third kappa shape index (κ3) is 2.38. The molecule has 2 aromatic rings. The van der Waals surface area contributed by atoms with Gasteiger partial charge in [0.25, 0.3) is 0 Å². The lowest BCUT2D eigenvalue weighted by Gasteiger charge is -2.12. The molecule has 2 heterocycles. The van der Waals surface area contributed by atoms with E-state index in [0.717, 1.165) is 29.0 Å². The van der Waals surface area contributed by atoms with E-state index in [-0.39, 0.29) is 5.91 Å². The standard InChI is InChI=1S/C15H16BrN3O/c1-10-4-2-3-5-12(10)13-7-14(18-17-13)19-9-11(8-16)6-15(19)20/h2-5,7,11H,6,8-9H2,1H3,(H,17,18). The lowest BCUT2D eigenvalue weighted by molar-refractivity contribution is -0.117. The minimum absolute atomic E-state index is 0.150. The van der Waals surface area contributed by atoms with Crippen molar-refractivity contribution in [2.75, 3.05) is 16.8 Å². The summed E-state index contributed by atoms with van der Waals surface area (Å²) in [6.45, 7) is 2.81. The van der Waals surface area contributed by atoms with Crippen molar-refractivity contribution < 1.29 is 4.79 Å². The van der Waals surface area contributed by atoms with Crippen molar-refractivity contribution in [1.82, 2.24) is 10.2 Å². The van der Waals surface area contributed by atoms with Crippen molar-refractivity contribution in [2.45, 2.75) is 13.3 Å². The van der Waals surface area contributed by atoms with Crippen LogP contribution in [0.4, 0.5) is 5.82 Å². The summed E-state index contributed by atoms with van der Waals surface area (Å²) in [5, 5.41) is 8.19. The molecule has 0 saturated carbocycles. The summed E-state index contributed by atoms with van der Waals surface area (Å²) in [6.07, 6.45) is 0.595. The van der Waals surface area contributed by atoms with Gasteiger partial charge in [0.1, 0.15) is 0 Å². The zero-order valence-electron chi connectivity index (χ0n) is 11.3. The van der Waals surface area contributed by atoms with Gasteiger partial charge in [-0.2, -0.15) is 5.10 Å². The van der Waals surface area contributed by atoms with E-state index in [9.17, 15) is 4.79 Å². The van der Waals surface area contributed by atoms with E-state index in [0.29, 0.717) is 12.3 Å². The predicted molar refractivity (Wildman–Crippen MR) is 83.0 cm³/mol. The zero-order valence-corrected chi connectivity index (χ0v) is 12.9. The van der Waals surface area contributed by atoms with E-state index < -0.39 is 0 Å². The predicted octanol–water partition coefficient (Wildman–Crippen LogP) is 3.13. The second kappa shape index (κ2) is 5.40. The van der Waals surface area contributed by atoms with Gasteiger partial charge >= 0.3 is 0 Å². The third-order valence-corrected chi connectivity index (χ3v) is 4.62. The number of hydrogen-bond acceptors (Lipinski definition) is 2. The number of anilines is 1. The van der Waals surface area contributed by atoms with Gasteiger partial charge in [0.05, 0.1) is 5.69 Å². The molecule has 1 aliphatic heterocycles. The van der Waals surface area contributed by atoms with E-state index >= 15 is 0 Å². The highest BCUT2D eigenvalue weighted by molar-refractivity contribution is 9.09. The number of alkyl halides is 1. The molecule has 1 N–H and O–H groups in total. The number of rotatable bonds is 3. The maximum Gasteiger partial charge on any atom is 0.228 e. The fourth-order valence-electron chi connectivity index (χ4n) is 2.57. The average molecular weight is 334 g/mol. The maximum atomic E-state index is 12.0. The molecular weight excluding hydrogens is 318 g/mol. The Kier molecular flexibility index (Phi) is 3.61. The van der Waals surface area contributed by atoms with Crippen molar-refractivity contribution in [2.24, 2.45) is 5.92 Å². The first-order chi connectivity index (χ1) is 9.69. The number of carbonyl (C=O) groups excluding carboxylic acids is 1. The number of halogens is 1. The van der Waals surface area contributed by atoms with Crippen molar-refractivity contribution >= 4 is 27.7 Å². The second-order valence-corrected chi connectivity index (χ2v) is 5.83. The molecule has 0 aliphatic carbocycles. The number of aromatic amines is 1. The smallest absolute Gasteiger partial charge is 0.228 e. The number of aryl methyl sites for hydroxylation is 1. The number of aromatic nitrogens is 2. The Bertz CT molecular complexity index is 638. The summed E-state index contributed by atoms with van der Waals surface area (Å²) in [5.41, 5.74) is 3.26. The van der Waals surface area contributed by atoms with Crippen LogP contribution in [0.2, 0.25) is 0 Å². The van der Waals surface area contributed by atoms with Crippen molar-refractivity contribution in [3.05, 3.63) is 35.9 Å². The summed E-state index contributed by atoms with van der Waals surface area (Å²) in [4.78, 5) is 13.8. The number of benzene rings is 1. The van der Waals surface area contributed by atoms with Crippen molar-refractivity contribution in [3.8, 4) is 11.3 Å². The molecule has 1 aromatic carbocycles. The van der Waals surface area contributed by atoms with Crippen LogP contribution in [0.3, 0.4) is 0 Å². The summed E-state index contributed by atoms with van der Waals surface area (Å²) in [6, 6.07) is 10.1. The van der Waals surface area contributed by atoms with Crippen LogP contribution in [0, 0.1) is 12.8 Å². The lowest BCUT2D eigenvalue weighted by Crippen LogP contribution is -2.24. The molecule has 1 atom stereocenters. The number of nitrogens with one attached hydrogen (secondary N) is 1. The molecule has 20 heavy (non-hydrogen) atoms. The number of carbonyl (C=O) groups is 1. The summed E-state index contributed by atoms with van der Waals surface area (Å²) < 4.78 is 0. The van der Waals surface area contributed by atoms with Gasteiger partial charge in [0.15, 0.2) is 5.82 Å². The normalized spacial score (nSPS) is 18.8. The van der Waals surface area contributed by atoms with Gasteiger partial charge in [-0.1, -0.05) is 40.2 Å². The third-order valence-electron chi connectivity index (χ3n) is 3.70. The summed E-state index contributed by atoms with van der Waals surface area (Å²) in [5.74, 6) is 1.25. The highest BCUT2D eigenvalue weighted by Gasteiger charge is 2.31. The SMILES string of the molecule is Cc1ccccc1-c1cc(N2CC(CBr)CC2=O)n[nH]1. The van der Waals surface area contributed by atoms with Gasteiger partial charge < -0.3 is 0 Å². The Morgan fingerprint density at radius 2 is 2.25 bits per heavy atom. The van der Waals surface area contributed by atoms with E-state index in [4.69, 9.17) is 0 Å². The number of amides is 1. The lowest BCUT2D eigenvalue weighted by atomic mass is 10.1. The molecule has 1 amide bonds. The van der Waals surface area contributed by atoms with Gasteiger partial charge in [-0.25, -0.2) is 0 Å². The number of hydrogen-bond donors (Lipinski definition) is 1. The van der Waals surface area contributed by atoms with Gasteiger partial charge in [0.2, 0.25) is 5.91 Å². The van der Waals surface area contributed by atoms with Crippen LogP contribution < -0.4 is 4.90 Å². The molecule has 104 valence electrons. The van der Waals surface area contributed by atoms with E-state index in [2.05, 4.69) is 45.2 Å². The van der Waals surface area contributed by atoms with E-state index in [1.165, 1.54) is 5.56 Å². The minimum atomic E-state index is 0.150. The molecule has 1 aliphatic rings. The fourth-order valence-corrected chi connectivity index (χ4v) is 3.00. The summed E-state index contributed by atoms with van der Waals surface area (Å²) >= 11 is 3.45. The van der Waals surface area contributed by atoms with Crippen LogP contribution in [0.1, 0.15) is 12.0 Å². The molecule has 1 aromatic heterocycles. The van der Waals surface area contributed by atoms with Crippen LogP contribution in [0.15, 0.2) is 30.3 Å². The van der Waals surface area contributed by atoms with Crippen molar-refractivity contribution in [3.63, 3.8) is 0 Å². The molecule has 0 spiro atoms. The largest absolute Gasteiger partial charge is 0.295 e. The van der Waals surface area contributed by atoms with Gasteiger partial charge in [-0.05, 0) is 18.4 Å². The second-order valence-electron chi connectivity index (χ2n) is 5.18. The van der Waals surface area contributed by atoms with Crippen molar-refractivity contribution in [1.29, 1.82) is 0 Å². The molecule has 4 nitrogen and oxygen atoms in total. The molecule has 0 radical (unpaired) electrons. The zero-order chi connectivity index (χ0) is 14.1. The Morgan fingerprint density at radius 3 is 2.95 bits per heavy atom. The Balaban J connectivity index is 1.88. The average Bonchev–Trinajstić information content (AvgIpc) is 3.05. The Labute approximate surface area is 126 Å². The first-order valence-corrected chi connectivity index (χ1v) is 7.79. The Hall–Kier alpha value is -1.62. The molecule has 3 rings (SSSR count). The first-order valence-electron chi connectivity index (χ1n) is 6.67. The highest BCUT2D eigenvalue weighted by Crippen LogP contribution is 2.28. The number of nitrogens with zero attached hydrogens (tertiary/aromatic N) is 2. The molecule has 1 fully saturated rings. The van der Waals surface area contributed by atoms with Gasteiger partial charge in [-0.15, -0.1) is 0 Å². The summed E-state index contributed by atoms with van der Waals surface area (Å²) in [7, 11) is 0. The van der Waals surface area contributed by atoms with E-state index in [1.54, 1.807) is 4.90 Å². The molecular formula is C15H16BrN3O. The fraction of sp³-hybridized carbons (Fsp3) is 0.333. The Morgan fingerprint density at radius 1 is 1.45 bits per heavy atom. The maximum absolute atomic E-state index is 12.0. The van der Waals surface area contributed by atoms with E-state index in [1.807, 2.05) is 18.2 Å². The van der Waals surface area contributed by atoms with Crippen LogP contribution in [0.5, 0.6) is 0 Å². The topological polar surface area (TPSA) is 49.0 Å². The van der Waals surface area contributed by atoms with Gasteiger partial charge in [-0.3, -0.25) is 14.8 Å². The molecule has 0 bridgehead atoms. The van der Waals surface area contributed by atoms with Crippen LogP contribution in [-0.2, 0) is 4.79 Å². The monoisotopic (exact) mass is 333 g/mol. The van der Waals surface area contributed by atoms with Crippen LogP contribution in [-0.4, -0.2) is 28.0 Å². The first kappa shape index (κ1) is 13.4. The molecule has 5 heteroatoms. The quantitative estimate of drug-likeness (QED) is 0.877. The minimum Gasteiger partial charge on any atom is -0.295 e. The number of H-pyrrole nitrogens is 1. The molecule has 1 saturated heterocycles. The molecule has 1 unspecified atom stereocenters. The highest BCUT2D eigenvalue weighted by atomic mass is 79.9. The van der Waals surface area contributed by atoms with Gasteiger partial charge in [0, 0.05) is 29.9 Å².